The van der Waals surface area contributed by atoms with E-state index in [0.717, 1.165) is 24.2 Å². The van der Waals surface area contributed by atoms with Crippen molar-refractivity contribution in [3.63, 3.8) is 0 Å². The molecule has 2 nitrogen and oxygen atoms in total. The second-order valence-corrected chi connectivity index (χ2v) is 4.86. The topological polar surface area (TPSA) is 38.9 Å². The second kappa shape index (κ2) is 4.66. The molecule has 2 aromatic rings. The van der Waals surface area contributed by atoms with Crippen molar-refractivity contribution in [2.75, 3.05) is 5.73 Å². The molecule has 84 valence electrons. The normalized spacial score (nSPS) is 10.6. The van der Waals surface area contributed by atoms with E-state index in [1.807, 2.05) is 12.4 Å². The minimum absolute atomic E-state index is 0.895. The summed E-state index contributed by atoms with van der Waals surface area (Å²) in [5.41, 5.74) is 12.4. The Morgan fingerprint density at radius 3 is 2.75 bits per heavy atom. The van der Waals surface area contributed by atoms with Gasteiger partial charge in [0.1, 0.15) is 0 Å². The van der Waals surface area contributed by atoms with Crippen molar-refractivity contribution in [1.29, 1.82) is 0 Å². The van der Waals surface area contributed by atoms with Crippen LogP contribution in [0.1, 0.15) is 28.6 Å². The summed E-state index contributed by atoms with van der Waals surface area (Å²) in [6.45, 7) is 4.18. The Hall–Kier alpha value is -1.35. The molecule has 0 radical (unpaired) electrons. The van der Waals surface area contributed by atoms with Crippen LogP contribution in [0, 0.1) is 6.92 Å². The summed E-state index contributed by atoms with van der Waals surface area (Å²) in [5.74, 6) is 0. The molecule has 0 atom stereocenters. The quantitative estimate of drug-likeness (QED) is 0.825. The maximum atomic E-state index is 6.05. The van der Waals surface area contributed by atoms with Crippen molar-refractivity contribution < 1.29 is 0 Å². The predicted molar refractivity (Wildman–Crippen MR) is 69.9 cm³/mol. The third-order valence-corrected chi connectivity index (χ3v) is 3.75. The molecule has 16 heavy (non-hydrogen) atoms. The van der Waals surface area contributed by atoms with Gasteiger partial charge in [0.2, 0.25) is 0 Å². The molecular formula is C13H16N2S. The largest absolute Gasteiger partial charge is 0.398 e. The van der Waals surface area contributed by atoms with E-state index < -0.39 is 0 Å². The minimum atomic E-state index is 0.895. The third-order valence-electron chi connectivity index (χ3n) is 2.81. The number of aromatic nitrogens is 1. The van der Waals surface area contributed by atoms with Gasteiger partial charge in [0.05, 0.1) is 11.2 Å². The Kier molecular flexibility index (Phi) is 3.25. The third kappa shape index (κ3) is 2.25. The van der Waals surface area contributed by atoms with Crippen LogP contribution < -0.4 is 5.73 Å². The van der Waals surface area contributed by atoms with Crippen molar-refractivity contribution in [1.82, 2.24) is 4.98 Å². The van der Waals surface area contributed by atoms with E-state index in [-0.39, 0.29) is 0 Å². The maximum Gasteiger partial charge on any atom is 0.0797 e. The van der Waals surface area contributed by atoms with Crippen molar-refractivity contribution in [3.05, 3.63) is 45.4 Å². The zero-order valence-electron chi connectivity index (χ0n) is 9.66. The first-order valence-electron chi connectivity index (χ1n) is 5.47. The summed E-state index contributed by atoms with van der Waals surface area (Å²) in [6.07, 6.45) is 1.93. The van der Waals surface area contributed by atoms with Crippen LogP contribution in [0.25, 0.3) is 0 Å². The van der Waals surface area contributed by atoms with E-state index >= 15 is 0 Å². The van der Waals surface area contributed by atoms with Crippen LogP contribution in [0.3, 0.4) is 0 Å². The number of aryl methyl sites for hydroxylation is 2. The molecule has 0 fully saturated rings. The highest BCUT2D eigenvalue weighted by Gasteiger charge is 2.06. The van der Waals surface area contributed by atoms with Gasteiger partial charge in [-0.15, -0.1) is 11.3 Å². The lowest BCUT2D eigenvalue weighted by atomic mass is 10.0. The SMILES string of the molecule is CCc1ccc(Cc2scnc2C)c(N)c1. The highest BCUT2D eigenvalue weighted by molar-refractivity contribution is 7.09. The minimum Gasteiger partial charge on any atom is -0.398 e. The zero-order chi connectivity index (χ0) is 11.5. The Morgan fingerprint density at radius 1 is 1.38 bits per heavy atom. The molecule has 0 aliphatic heterocycles. The molecule has 2 N–H and O–H groups in total. The summed E-state index contributed by atoms with van der Waals surface area (Å²) in [5, 5.41) is 0. The average molecular weight is 232 g/mol. The van der Waals surface area contributed by atoms with Crippen LogP contribution in [0.15, 0.2) is 23.7 Å². The number of nitrogen functional groups attached to an aromatic ring is 1. The first-order chi connectivity index (χ1) is 7.70. The zero-order valence-corrected chi connectivity index (χ0v) is 10.5. The fourth-order valence-electron chi connectivity index (χ4n) is 1.69. The van der Waals surface area contributed by atoms with Crippen LogP contribution in [-0.4, -0.2) is 4.98 Å². The fourth-order valence-corrected chi connectivity index (χ4v) is 2.49. The molecule has 0 unspecified atom stereocenters. The number of hydrogen-bond donors (Lipinski definition) is 1. The molecule has 0 saturated heterocycles. The Morgan fingerprint density at radius 2 is 2.19 bits per heavy atom. The lowest BCUT2D eigenvalue weighted by Gasteiger charge is -2.06. The number of nitrogens with zero attached hydrogens (tertiary/aromatic N) is 1. The molecule has 0 spiro atoms. The molecule has 0 bridgehead atoms. The molecule has 1 heterocycles. The second-order valence-electron chi connectivity index (χ2n) is 3.92. The summed E-state index contributed by atoms with van der Waals surface area (Å²) < 4.78 is 0. The molecule has 0 saturated carbocycles. The van der Waals surface area contributed by atoms with E-state index in [2.05, 4.69) is 30.1 Å². The van der Waals surface area contributed by atoms with Crippen LogP contribution >= 0.6 is 11.3 Å². The molecule has 0 aliphatic rings. The van der Waals surface area contributed by atoms with Crippen molar-refractivity contribution in [2.24, 2.45) is 0 Å². The number of anilines is 1. The van der Waals surface area contributed by atoms with E-state index in [1.165, 1.54) is 16.0 Å². The van der Waals surface area contributed by atoms with Crippen LogP contribution in [-0.2, 0) is 12.8 Å². The molecule has 2 rings (SSSR count). The average Bonchev–Trinajstić information content (AvgIpc) is 2.67. The number of thiazole rings is 1. The standard InChI is InChI=1S/C13H16N2S/c1-3-10-4-5-11(12(14)6-10)7-13-9(2)15-8-16-13/h4-6,8H,3,7,14H2,1-2H3. The van der Waals surface area contributed by atoms with Crippen LogP contribution in [0.4, 0.5) is 5.69 Å². The van der Waals surface area contributed by atoms with Crippen LogP contribution in [0.2, 0.25) is 0 Å². The van der Waals surface area contributed by atoms with Gasteiger partial charge in [-0.1, -0.05) is 19.1 Å². The van der Waals surface area contributed by atoms with E-state index in [0.29, 0.717) is 0 Å². The first-order valence-corrected chi connectivity index (χ1v) is 6.35. The van der Waals surface area contributed by atoms with Gasteiger partial charge in [-0.05, 0) is 30.5 Å². The Bertz CT molecular complexity index is 488. The van der Waals surface area contributed by atoms with Gasteiger partial charge in [0.25, 0.3) is 0 Å². The molecule has 0 amide bonds. The van der Waals surface area contributed by atoms with Gasteiger partial charge in [-0.3, -0.25) is 0 Å². The van der Waals surface area contributed by atoms with Gasteiger partial charge >= 0.3 is 0 Å². The van der Waals surface area contributed by atoms with Gasteiger partial charge in [0, 0.05) is 17.0 Å². The van der Waals surface area contributed by atoms with E-state index in [9.17, 15) is 0 Å². The fraction of sp³-hybridized carbons (Fsp3) is 0.308. The number of hydrogen-bond acceptors (Lipinski definition) is 3. The van der Waals surface area contributed by atoms with E-state index in [4.69, 9.17) is 5.73 Å². The number of benzene rings is 1. The molecular weight excluding hydrogens is 216 g/mol. The molecule has 1 aromatic carbocycles. The lowest BCUT2D eigenvalue weighted by molar-refractivity contribution is 1.12. The van der Waals surface area contributed by atoms with E-state index in [1.54, 1.807) is 11.3 Å². The smallest absolute Gasteiger partial charge is 0.0797 e. The first kappa shape index (κ1) is 11.1. The van der Waals surface area contributed by atoms with Crippen LogP contribution in [0.5, 0.6) is 0 Å². The number of nitrogens with two attached hydrogens (primary N) is 1. The van der Waals surface area contributed by atoms with Gasteiger partial charge in [0.15, 0.2) is 0 Å². The van der Waals surface area contributed by atoms with Gasteiger partial charge in [-0.25, -0.2) is 4.98 Å². The van der Waals surface area contributed by atoms with Gasteiger partial charge in [-0.2, -0.15) is 0 Å². The summed E-state index contributed by atoms with van der Waals surface area (Å²) in [4.78, 5) is 5.56. The Labute approximate surface area is 100 Å². The maximum absolute atomic E-state index is 6.05. The van der Waals surface area contributed by atoms with Crippen molar-refractivity contribution in [2.45, 2.75) is 26.7 Å². The van der Waals surface area contributed by atoms with Gasteiger partial charge < -0.3 is 5.73 Å². The highest BCUT2D eigenvalue weighted by atomic mass is 32.1. The molecule has 3 heteroatoms. The molecule has 0 aliphatic carbocycles. The summed E-state index contributed by atoms with van der Waals surface area (Å²) in [7, 11) is 0. The number of rotatable bonds is 3. The summed E-state index contributed by atoms with van der Waals surface area (Å²) in [6, 6.07) is 6.36. The monoisotopic (exact) mass is 232 g/mol. The van der Waals surface area contributed by atoms with Crippen molar-refractivity contribution >= 4 is 17.0 Å². The lowest BCUT2D eigenvalue weighted by Crippen LogP contribution is -1.97. The summed E-state index contributed by atoms with van der Waals surface area (Å²) >= 11 is 1.70. The van der Waals surface area contributed by atoms with Crippen molar-refractivity contribution in [3.8, 4) is 0 Å². The molecule has 1 aromatic heterocycles. The predicted octanol–water partition coefficient (Wildman–Crippen LogP) is 3.19. The Balaban J connectivity index is 2.25. The highest BCUT2D eigenvalue weighted by Crippen LogP contribution is 2.22.